The highest BCUT2D eigenvalue weighted by atomic mass is 19.1. The molecular weight excluding hydrogens is 357 g/mol. The Bertz CT molecular complexity index is 1060. The largest absolute Gasteiger partial charge is 0.488 e. The van der Waals surface area contributed by atoms with Gasteiger partial charge in [-0.05, 0) is 44.0 Å². The molecule has 6 nitrogen and oxygen atoms in total. The molecule has 4 heterocycles. The Morgan fingerprint density at radius 2 is 2.21 bits per heavy atom. The number of hydrogen-bond acceptors (Lipinski definition) is 5. The average Bonchev–Trinajstić information content (AvgIpc) is 3.11. The molecule has 0 unspecified atom stereocenters. The predicted octanol–water partition coefficient (Wildman–Crippen LogP) is 3.87. The molecule has 2 atom stereocenters. The van der Waals surface area contributed by atoms with E-state index in [4.69, 9.17) is 9.72 Å². The summed E-state index contributed by atoms with van der Waals surface area (Å²) >= 11 is 0. The van der Waals surface area contributed by atoms with Crippen LogP contribution in [0.4, 0.5) is 10.2 Å². The van der Waals surface area contributed by atoms with E-state index < -0.39 is 0 Å². The molecular formula is C21H22FN5O. The van der Waals surface area contributed by atoms with Crippen LogP contribution in [0.5, 0.6) is 5.75 Å². The average molecular weight is 379 g/mol. The first-order valence-electron chi connectivity index (χ1n) is 9.60. The van der Waals surface area contributed by atoms with Gasteiger partial charge >= 0.3 is 0 Å². The highest BCUT2D eigenvalue weighted by molar-refractivity contribution is 5.74. The lowest BCUT2D eigenvalue weighted by atomic mass is 10.0. The Morgan fingerprint density at radius 3 is 3.11 bits per heavy atom. The minimum absolute atomic E-state index is 0.0183. The van der Waals surface area contributed by atoms with Crippen molar-refractivity contribution >= 4 is 17.2 Å². The maximum Gasteiger partial charge on any atom is 0.166 e. The number of nitrogens with one attached hydrogen (secondary N) is 1. The Morgan fingerprint density at radius 1 is 1.32 bits per heavy atom. The lowest BCUT2D eigenvalue weighted by Crippen LogP contribution is -2.40. The molecule has 1 fully saturated rings. The van der Waals surface area contributed by atoms with E-state index in [0.717, 1.165) is 48.4 Å². The van der Waals surface area contributed by atoms with Crippen molar-refractivity contribution in [1.82, 2.24) is 19.5 Å². The van der Waals surface area contributed by atoms with Gasteiger partial charge in [-0.2, -0.15) is 5.10 Å². The Balaban J connectivity index is 1.65. The highest BCUT2D eigenvalue weighted by Gasteiger charge is 2.26. The Hall–Kier alpha value is -3.09. The summed E-state index contributed by atoms with van der Waals surface area (Å²) in [5.74, 6) is 1.13. The van der Waals surface area contributed by atoms with Crippen LogP contribution in [0, 0.1) is 5.82 Å². The number of anilines is 1. The monoisotopic (exact) mass is 379 g/mol. The molecule has 7 heteroatoms. The van der Waals surface area contributed by atoms with E-state index >= 15 is 0 Å². The van der Waals surface area contributed by atoms with Gasteiger partial charge in [-0.15, -0.1) is 0 Å². The number of rotatable bonds is 0. The molecule has 0 radical (unpaired) electrons. The molecule has 1 N–H and O–H groups in total. The minimum atomic E-state index is -0.277. The minimum Gasteiger partial charge on any atom is -0.488 e. The molecule has 0 amide bonds. The number of nitrogens with zero attached hydrogens (tertiary/aromatic N) is 4. The molecule has 144 valence electrons. The third-order valence-electron chi connectivity index (χ3n) is 5.54. The zero-order chi connectivity index (χ0) is 19.3. The van der Waals surface area contributed by atoms with Gasteiger partial charge in [0, 0.05) is 24.0 Å². The first-order valence-corrected chi connectivity index (χ1v) is 9.60. The number of ether oxygens (including phenoxy) is 1. The van der Waals surface area contributed by atoms with E-state index in [2.05, 4.69) is 21.9 Å². The molecule has 2 aromatic heterocycles. The molecule has 1 saturated heterocycles. The van der Waals surface area contributed by atoms with Crippen molar-refractivity contribution in [2.75, 3.05) is 18.4 Å². The van der Waals surface area contributed by atoms with Gasteiger partial charge < -0.3 is 15.0 Å². The fourth-order valence-electron chi connectivity index (χ4n) is 4.05. The van der Waals surface area contributed by atoms with Gasteiger partial charge in [0.2, 0.25) is 0 Å². The van der Waals surface area contributed by atoms with E-state index in [1.807, 2.05) is 25.4 Å². The lowest BCUT2D eigenvalue weighted by Gasteiger charge is -2.35. The van der Waals surface area contributed by atoms with E-state index in [1.54, 1.807) is 10.6 Å². The summed E-state index contributed by atoms with van der Waals surface area (Å²) in [4.78, 5) is 6.98. The smallest absolute Gasteiger partial charge is 0.166 e. The van der Waals surface area contributed by atoms with Gasteiger partial charge in [-0.1, -0.05) is 6.58 Å². The van der Waals surface area contributed by atoms with Crippen molar-refractivity contribution in [3.8, 4) is 5.75 Å². The summed E-state index contributed by atoms with van der Waals surface area (Å²) in [6.45, 7) is 7.95. The zero-order valence-corrected chi connectivity index (χ0v) is 15.7. The van der Waals surface area contributed by atoms with Gasteiger partial charge in [0.05, 0.1) is 24.3 Å². The Kier molecular flexibility index (Phi) is 3.96. The van der Waals surface area contributed by atoms with Gasteiger partial charge in [-0.3, -0.25) is 0 Å². The first-order chi connectivity index (χ1) is 13.6. The van der Waals surface area contributed by atoms with Crippen molar-refractivity contribution in [1.29, 1.82) is 0 Å². The zero-order valence-electron chi connectivity index (χ0n) is 15.7. The van der Waals surface area contributed by atoms with Crippen molar-refractivity contribution in [2.24, 2.45) is 0 Å². The van der Waals surface area contributed by atoms with Crippen LogP contribution in [0.1, 0.15) is 36.9 Å². The van der Waals surface area contributed by atoms with E-state index in [-0.39, 0.29) is 18.0 Å². The van der Waals surface area contributed by atoms with Crippen LogP contribution >= 0.6 is 0 Å². The number of benzene rings is 1. The summed E-state index contributed by atoms with van der Waals surface area (Å²) in [6.07, 6.45) is 5.66. The molecule has 0 saturated carbocycles. The van der Waals surface area contributed by atoms with Gasteiger partial charge in [0.1, 0.15) is 23.5 Å². The number of halogens is 1. The van der Waals surface area contributed by atoms with E-state index in [1.165, 1.54) is 12.1 Å². The standard InChI is InChI=1S/C21H22FN5O/c1-13-17-10-15(22)5-6-19(17)28-16-4-3-8-26(12-16)14(2)18-11-23-27-9-7-20(24-13)25-21(18)27/h5-7,9-11,13,16H,2-4,8,12H2,1H3,(H,24,25)/t13-,16+/m1/s1. The fourth-order valence-corrected chi connectivity index (χ4v) is 4.05. The van der Waals surface area contributed by atoms with Gasteiger partial charge in [0.25, 0.3) is 0 Å². The summed E-state index contributed by atoms with van der Waals surface area (Å²) in [7, 11) is 0. The number of aromatic nitrogens is 3. The molecule has 0 aliphatic carbocycles. The van der Waals surface area contributed by atoms with Crippen molar-refractivity contribution in [3.63, 3.8) is 0 Å². The van der Waals surface area contributed by atoms with Gasteiger partial charge in [-0.25, -0.2) is 13.9 Å². The molecule has 2 aliphatic heterocycles. The molecule has 4 bridgehead atoms. The molecule has 2 aliphatic rings. The van der Waals surface area contributed by atoms with Gasteiger partial charge in [0.15, 0.2) is 5.65 Å². The fraction of sp³-hybridized carbons (Fsp3) is 0.333. The van der Waals surface area contributed by atoms with Crippen LogP contribution in [0.2, 0.25) is 0 Å². The van der Waals surface area contributed by atoms with Crippen LogP contribution < -0.4 is 10.1 Å². The van der Waals surface area contributed by atoms with Crippen LogP contribution in [0.25, 0.3) is 11.3 Å². The normalized spacial score (nSPS) is 21.9. The second-order valence-corrected chi connectivity index (χ2v) is 7.46. The summed E-state index contributed by atoms with van der Waals surface area (Å²) in [6, 6.07) is 6.40. The van der Waals surface area contributed by atoms with E-state index in [9.17, 15) is 4.39 Å². The topological polar surface area (TPSA) is 54.7 Å². The van der Waals surface area contributed by atoms with E-state index in [0.29, 0.717) is 11.6 Å². The van der Waals surface area contributed by atoms with Crippen molar-refractivity contribution < 1.29 is 9.13 Å². The van der Waals surface area contributed by atoms with Crippen LogP contribution in [0.3, 0.4) is 0 Å². The quantitative estimate of drug-likeness (QED) is 0.643. The lowest BCUT2D eigenvalue weighted by molar-refractivity contribution is 0.119. The Labute approximate surface area is 162 Å². The van der Waals surface area contributed by atoms with Crippen LogP contribution in [-0.2, 0) is 0 Å². The maximum atomic E-state index is 14.0. The third-order valence-corrected chi connectivity index (χ3v) is 5.54. The summed E-state index contributed by atoms with van der Waals surface area (Å²) < 4.78 is 22.1. The van der Waals surface area contributed by atoms with Crippen molar-refractivity contribution in [3.05, 3.63) is 60.2 Å². The SMILES string of the molecule is C=C1c2cnn3ccc(nc23)N[C@H](C)c2cc(F)ccc2O[C@H]2CCCN1C2. The summed E-state index contributed by atoms with van der Waals surface area (Å²) in [5, 5.41) is 7.78. The molecule has 0 spiro atoms. The number of piperidine rings is 1. The first kappa shape index (κ1) is 17.0. The second-order valence-electron chi connectivity index (χ2n) is 7.46. The molecule has 1 aromatic carbocycles. The second kappa shape index (κ2) is 6.51. The summed E-state index contributed by atoms with van der Waals surface area (Å²) in [5.41, 5.74) is 3.36. The maximum absolute atomic E-state index is 14.0. The predicted molar refractivity (Wildman–Crippen MR) is 106 cm³/mol. The molecule has 5 rings (SSSR count). The third kappa shape index (κ3) is 2.87. The van der Waals surface area contributed by atoms with Crippen LogP contribution in [0.15, 0.2) is 43.2 Å². The molecule has 28 heavy (non-hydrogen) atoms. The van der Waals surface area contributed by atoms with Crippen LogP contribution in [-0.4, -0.2) is 38.7 Å². The highest BCUT2D eigenvalue weighted by Crippen LogP contribution is 2.33. The molecule has 3 aromatic rings. The number of fused-ring (bicyclic) bond motifs is 4. The van der Waals surface area contributed by atoms with Crippen molar-refractivity contribution in [2.45, 2.75) is 31.9 Å². The number of hydrogen-bond donors (Lipinski definition) is 1.